The van der Waals surface area contributed by atoms with Gasteiger partial charge in [-0.2, -0.15) is 0 Å². The van der Waals surface area contributed by atoms with E-state index in [-0.39, 0.29) is 17.2 Å². The number of aromatic nitrogens is 1. The van der Waals surface area contributed by atoms with E-state index in [1.807, 2.05) is 37.3 Å². The summed E-state index contributed by atoms with van der Waals surface area (Å²) in [5.74, 6) is -1.04. The highest BCUT2D eigenvalue weighted by atomic mass is 16.4. The maximum absolute atomic E-state index is 11.8. The smallest absolute Gasteiger partial charge is 0.337 e. The van der Waals surface area contributed by atoms with Crippen LogP contribution in [0.25, 0.3) is 0 Å². The number of pyridine rings is 1. The molecule has 2 aromatic rings. The highest BCUT2D eigenvalue weighted by molar-refractivity contribution is 5.87. The molecule has 0 fully saturated rings. The van der Waals surface area contributed by atoms with Crippen molar-refractivity contribution in [1.82, 2.24) is 4.57 Å². The van der Waals surface area contributed by atoms with Crippen molar-refractivity contribution in [2.24, 2.45) is 0 Å². The van der Waals surface area contributed by atoms with Gasteiger partial charge in [-0.25, -0.2) is 4.79 Å². The Kier molecular flexibility index (Phi) is 3.28. The van der Waals surface area contributed by atoms with Gasteiger partial charge in [-0.1, -0.05) is 30.3 Å². The van der Waals surface area contributed by atoms with Crippen molar-refractivity contribution in [2.75, 3.05) is 0 Å². The van der Waals surface area contributed by atoms with E-state index >= 15 is 0 Å². The van der Waals surface area contributed by atoms with Gasteiger partial charge < -0.3 is 9.67 Å². The Bertz CT molecular complexity index is 616. The fourth-order valence-corrected chi connectivity index (χ4v) is 1.82. The molecule has 0 bridgehead atoms. The minimum Gasteiger partial charge on any atom is -0.478 e. The van der Waals surface area contributed by atoms with Gasteiger partial charge in [0, 0.05) is 12.3 Å². The SMILES string of the molecule is CC(c1ccccc1)n1cc(C(=O)O)ccc1=O. The molecule has 1 heterocycles. The van der Waals surface area contributed by atoms with Crippen molar-refractivity contribution in [1.29, 1.82) is 0 Å². The van der Waals surface area contributed by atoms with E-state index in [0.29, 0.717) is 0 Å². The lowest BCUT2D eigenvalue weighted by molar-refractivity contribution is 0.0695. The van der Waals surface area contributed by atoms with E-state index in [2.05, 4.69) is 0 Å². The van der Waals surface area contributed by atoms with Gasteiger partial charge in [-0.05, 0) is 18.6 Å². The number of carboxylic acids is 1. The molecule has 0 aliphatic carbocycles. The van der Waals surface area contributed by atoms with E-state index in [9.17, 15) is 9.59 Å². The molecular weight excluding hydrogens is 230 g/mol. The maximum Gasteiger partial charge on any atom is 0.337 e. The summed E-state index contributed by atoms with van der Waals surface area (Å²) >= 11 is 0. The van der Waals surface area contributed by atoms with Gasteiger partial charge in [-0.3, -0.25) is 4.79 Å². The minimum absolute atomic E-state index is 0.109. The molecule has 1 unspecified atom stereocenters. The molecule has 0 aliphatic heterocycles. The monoisotopic (exact) mass is 243 g/mol. The molecule has 0 radical (unpaired) electrons. The zero-order chi connectivity index (χ0) is 13.1. The zero-order valence-corrected chi connectivity index (χ0v) is 9.91. The average Bonchev–Trinajstić information content (AvgIpc) is 2.39. The molecule has 4 nitrogen and oxygen atoms in total. The third kappa shape index (κ3) is 2.32. The molecule has 92 valence electrons. The third-order valence-electron chi connectivity index (χ3n) is 2.88. The predicted molar refractivity (Wildman–Crippen MR) is 67.9 cm³/mol. The molecule has 0 aliphatic rings. The maximum atomic E-state index is 11.8. The topological polar surface area (TPSA) is 59.3 Å². The van der Waals surface area contributed by atoms with Crippen LogP contribution in [-0.4, -0.2) is 15.6 Å². The Morgan fingerprint density at radius 2 is 1.83 bits per heavy atom. The van der Waals surface area contributed by atoms with Crippen LogP contribution in [-0.2, 0) is 0 Å². The second kappa shape index (κ2) is 4.87. The standard InChI is InChI=1S/C14H13NO3/c1-10(11-5-3-2-4-6-11)15-9-12(14(17)18)7-8-13(15)16/h2-10H,1H3,(H,17,18). The van der Waals surface area contributed by atoms with Crippen LogP contribution in [0.1, 0.15) is 28.9 Å². The molecule has 1 N–H and O–H groups in total. The van der Waals surface area contributed by atoms with Crippen molar-refractivity contribution in [3.8, 4) is 0 Å². The lowest BCUT2D eigenvalue weighted by Crippen LogP contribution is -2.23. The average molecular weight is 243 g/mol. The van der Waals surface area contributed by atoms with Crippen LogP contribution in [0, 0.1) is 0 Å². The Labute approximate surface area is 104 Å². The fraction of sp³-hybridized carbons (Fsp3) is 0.143. The van der Waals surface area contributed by atoms with Gasteiger partial charge in [0.1, 0.15) is 0 Å². The molecule has 0 saturated carbocycles. The summed E-state index contributed by atoms with van der Waals surface area (Å²) in [6.45, 7) is 1.86. The summed E-state index contributed by atoms with van der Waals surface area (Å²) in [6, 6.07) is 11.9. The Morgan fingerprint density at radius 1 is 1.17 bits per heavy atom. The molecular formula is C14H13NO3. The molecule has 4 heteroatoms. The van der Waals surface area contributed by atoms with Crippen LogP contribution in [0.4, 0.5) is 0 Å². The first-order valence-corrected chi connectivity index (χ1v) is 5.60. The van der Waals surface area contributed by atoms with Gasteiger partial charge in [0.15, 0.2) is 0 Å². The van der Waals surface area contributed by atoms with Crippen LogP contribution in [0.15, 0.2) is 53.5 Å². The predicted octanol–water partition coefficient (Wildman–Crippen LogP) is 2.16. The number of carbonyl (C=O) groups is 1. The first-order chi connectivity index (χ1) is 8.59. The number of benzene rings is 1. The molecule has 1 aromatic carbocycles. The largest absolute Gasteiger partial charge is 0.478 e. The summed E-state index contributed by atoms with van der Waals surface area (Å²) < 4.78 is 1.43. The molecule has 0 amide bonds. The van der Waals surface area contributed by atoms with Gasteiger partial charge >= 0.3 is 5.97 Å². The van der Waals surface area contributed by atoms with Gasteiger partial charge in [-0.15, -0.1) is 0 Å². The Morgan fingerprint density at radius 3 is 2.44 bits per heavy atom. The molecule has 1 aromatic heterocycles. The summed E-state index contributed by atoms with van der Waals surface area (Å²) in [7, 11) is 0. The summed E-state index contributed by atoms with van der Waals surface area (Å²) in [4.78, 5) is 22.7. The summed E-state index contributed by atoms with van der Waals surface area (Å²) in [5.41, 5.74) is 0.857. The quantitative estimate of drug-likeness (QED) is 0.898. The van der Waals surface area contributed by atoms with Gasteiger partial charge in [0.25, 0.3) is 5.56 Å². The Balaban J connectivity index is 2.48. The van der Waals surface area contributed by atoms with E-state index in [1.165, 1.54) is 22.9 Å². The summed E-state index contributed by atoms with van der Waals surface area (Å²) in [6.07, 6.45) is 1.38. The van der Waals surface area contributed by atoms with Crippen LogP contribution in [0.5, 0.6) is 0 Å². The van der Waals surface area contributed by atoms with Crippen molar-refractivity contribution >= 4 is 5.97 Å². The van der Waals surface area contributed by atoms with Gasteiger partial charge in [0.2, 0.25) is 0 Å². The van der Waals surface area contributed by atoms with E-state index in [0.717, 1.165) is 5.56 Å². The summed E-state index contributed by atoms with van der Waals surface area (Å²) in [5, 5.41) is 8.94. The second-order valence-corrected chi connectivity index (χ2v) is 4.06. The van der Waals surface area contributed by atoms with Crippen molar-refractivity contribution < 1.29 is 9.90 Å². The molecule has 0 saturated heterocycles. The number of hydrogen-bond donors (Lipinski definition) is 1. The number of nitrogens with zero attached hydrogens (tertiary/aromatic N) is 1. The highest BCUT2D eigenvalue weighted by Crippen LogP contribution is 2.15. The molecule has 2 rings (SSSR count). The molecule has 1 atom stereocenters. The number of hydrogen-bond acceptors (Lipinski definition) is 2. The van der Waals surface area contributed by atoms with Crippen LogP contribution >= 0.6 is 0 Å². The van der Waals surface area contributed by atoms with Crippen molar-refractivity contribution in [2.45, 2.75) is 13.0 Å². The van der Waals surface area contributed by atoms with Crippen molar-refractivity contribution in [3.05, 3.63) is 70.1 Å². The number of rotatable bonds is 3. The van der Waals surface area contributed by atoms with Crippen LogP contribution in [0.3, 0.4) is 0 Å². The second-order valence-electron chi connectivity index (χ2n) is 4.06. The lowest BCUT2D eigenvalue weighted by atomic mass is 10.1. The van der Waals surface area contributed by atoms with Crippen LogP contribution in [0.2, 0.25) is 0 Å². The minimum atomic E-state index is -1.04. The highest BCUT2D eigenvalue weighted by Gasteiger charge is 2.11. The van der Waals surface area contributed by atoms with E-state index in [4.69, 9.17) is 5.11 Å². The normalized spacial score (nSPS) is 12.1. The van der Waals surface area contributed by atoms with Crippen LogP contribution < -0.4 is 5.56 Å². The lowest BCUT2D eigenvalue weighted by Gasteiger charge is -2.15. The third-order valence-corrected chi connectivity index (χ3v) is 2.88. The Hall–Kier alpha value is -2.36. The fourth-order valence-electron chi connectivity index (χ4n) is 1.82. The van der Waals surface area contributed by atoms with Crippen molar-refractivity contribution in [3.63, 3.8) is 0 Å². The van der Waals surface area contributed by atoms with E-state index < -0.39 is 5.97 Å². The zero-order valence-electron chi connectivity index (χ0n) is 9.91. The molecule has 0 spiro atoms. The first kappa shape index (κ1) is 12.1. The van der Waals surface area contributed by atoms with Gasteiger partial charge in [0.05, 0.1) is 11.6 Å². The number of aromatic carboxylic acids is 1. The first-order valence-electron chi connectivity index (χ1n) is 5.60. The molecule has 18 heavy (non-hydrogen) atoms. The number of carboxylic acid groups (broad SMARTS) is 1. The van der Waals surface area contributed by atoms with E-state index in [1.54, 1.807) is 0 Å².